The first-order chi connectivity index (χ1) is 13.4. The zero-order valence-corrected chi connectivity index (χ0v) is 14.8. The van der Waals surface area contributed by atoms with Gasteiger partial charge in [-0.25, -0.2) is 15.0 Å². The third-order valence-electron chi connectivity index (χ3n) is 4.35. The molecule has 3 aromatic heterocycles. The molecule has 1 unspecified atom stereocenters. The number of aryl methyl sites for hydroxylation is 1. The third kappa shape index (κ3) is 4.36. The van der Waals surface area contributed by atoms with Crippen LogP contribution in [0.4, 0.5) is 5.95 Å². The monoisotopic (exact) mass is 356 g/mol. The lowest BCUT2D eigenvalue weighted by molar-refractivity contribution is 0.581. The fraction of sp³-hybridized carbons (Fsp3) is 0.143. The maximum atomic E-state index is 4.67. The van der Waals surface area contributed by atoms with Gasteiger partial charge in [-0.05, 0) is 30.2 Å². The highest BCUT2D eigenvalue weighted by Crippen LogP contribution is 2.23. The van der Waals surface area contributed by atoms with Crippen molar-refractivity contribution in [1.29, 1.82) is 0 Å². The van der Waals surface area contributed by atoms with Gasteiger partial charge in [0.2, 0.25) is 5.95 Å². The Morgan fingerprint density at radius 3 is 2.63 bits per heavy atom. The largest absolute Gasteiger partial charge is 0.347 e. The molecule has 4 aromatic rings. The zero-order valence-electron chi connectivity index (χ0n) is 14.8. The van der Waals surface area contributed by atoms with Gasteiger partial charge in [0, 0.05) is 43.1 Å². The number of pyridine rings is 1. The summed E-state index contributed by atoms with van der Waals surface area (Å²) in [5.41, 5.74) is 3.02. The van der Waals surface area contributed by atoms with Crippen molar-refractivity contribution in [3.8, 4) is 11.3 Å². The van der Waals surface area contributed by atoms with Crippen LogP contribution in [0, 0.1) is 0 Å². The van der Waals surface area contributed by atoms with Crippen molar-refractivity contribution in [2.24, 2.45) is 0 Å². The van der Waals surface area contributed by atoms with Crippen LogP contribution in [0.25, 0.3) is 11.3 Å². The highest BCUT2D eigenvalue weighted by Gasteiger charge is 2.13. The van der Waals surface area contributed by atoms with Gasteiger partial charge in [0.25, 0.3) is 0 Å². The topological polar surface area (TPSA) is 68.5 Å². The number of hydrogen-bond donors (Lipinski definition) is 1. The molecule has 4 rings (SSSR count). The van der Waals surface area contributed by atoms with E-state index in [1.807, 2.05) is 48.9 Å². The fourth-order valence-electron chi connectivity index (χ4n) is 2.96. The summed E-state index contributed by atoms with van der Waals surface area (Å²) in [6.07, 6.45) is 11.8. The number of aromatic nitrogens is 5. The van der Waals surface area contributed by atoms with E-state index in [9.17, 15) is 0 Å². The second-order valence-electron chi connectivity index (χ2n) is 6.20. The molecule has 0 saturated carbocycles. The first kappa shape index (κ1) is 16.9. The van der Waals surface area contributed by atoms with Gasteiger partial charge in [-0.3, -0.25) is 4.98 Å². The SMILES string of the molecule is c1ccc(C(CCn2ccnc2)Nc2nccc(-c3cccnc3)n2)cc1. The average molecular weight is 356 g/mol. The Morgan fingerprint density at radius 2 is 1.85 bits per heavy atom. The number of imidazole rings is 1. The maximum Gasteiger partial charge on any atom is 0.223 e. The molecule has 0 amide bonds. The lowest BCUT2D eigenvalue weighted by Crippen LogP contribution is -2.15. The summed E-state index contributed by atoms with van der Waals surface area (Å²) in [7, 11) is 0. The van der Waals surface area contributed by atoms with Crippen LogP contribution in [0.3, 0.4) is 0 Å². The van der Waals surface area contributed by atoms with Crippen LogP contribution in [0.5, 0.6) is 0 Å². The summed E-state index contributed by atoms with van der Waals surface area (Å²) in [5.74, 6) is 0.607. The third-order valence-corrected chi connectivity index (χ3v) is 4.35. The Kier molecular flexibility index (Phi) is 5.15. The summed E-state index contributed by atoms with van der Waals surface area (Å²) in [4.78, 5) is 17.4. The number of rotatable bonds is 7. The highest BCUT2D eigenvalue weighted by molar-refractivity contribution is 5.58. The quantitative estimate of drug-likeness (QED) is 0.542. The summed E-state index contributed by atoms with van der Waals surface area (Å²) < 4.78 is 2.07. The number of nitrogens with zero attached hydrogens (tertiary/aromatic N) is 5. The molecule has 1 aromatic carbocycles. The molecule has 0 spiro atoms. The molecule has 0 fully saturated rings. The van der Waals surface area contributed by atoms with Crippen molar-refractivity contribution in [2.75, 3.05) is 5.32 Å². The van der Waals surface area contributed by atoms with E-state index in [0.717, 1.165) is 24.2 Å². The Morgan fingerprint density at radius 1 is 0.926 bits per heavy atom. The van der Waals surface area contributed by atoms with E-state index in [1.165, 1.54) is 5.56 Å². The molecule has 0 aliphatic heterocycles. The molecule has 0 aliphatic carbocycles. The lowest BCUT2D eigenvalue weighted by Gasteiger charge is -2.20. The predicted octanol–water partition coefficient (Wildman–Crippen LogP) is 3.98. The van der Waals surface area contributed by atoms with Gasteiger partial charge in [0.05, 0.1) is 18.1 Å². The van der Waals surface area contributed by atoms with E-state index in [2.05, 4.69) is 42.0 Å². The first-order valence-electron chi connectivity index (χ1n) is 8.89. The summed E-state index contributed by atoms with van der Waals surface area (Å²) in [5, 5.41) is 3.49. The Labute approximate surface area is 158 Å². The molecule has 6 nitrogen and oxygen atoms in total. The zero-order chi connectivity index (χ0) is 18.3. The van der Waals surface area contributed by atoms with E-state index < -0.39 is 0 Å². The smallest absolute Gasteiger partial charge is 0.223 e. The number of anilines is 1. The molecule has 27 heavy (non-hydrogen) atoms. The van der Waals surface area contributed by atoms with Crippen LogP contribution in [-0.2, 0) is 6.54 Å². The van der Waals surface area contributed by atoms with Crippen LogP contribution in [-0.4, -0.2) is 24.5 Å². The van der Waals surface area contributed by atoms with Crippen molar-refractivity contribution in [3.05, 3.63) is 91.4 Å². The van der Waals surface area contributed by atoms with E-state index >= 15 is 0 Å². The number of benzene rings is 1. The molecule has 1 N–H and O–H groups in total. The summed E-state index contributed by atoms with van der Waals surface area (Å²) in [6, 6.07) is 16.3. The van der Waals surface area contributed by atoms with Gasteiger partial charge < -0.3 is 9.88 Å². The van der Waals surface area contributed by atoms with Crippen LogP contribution in [0.1, 0.15) is 18.0 Å². The molecule has 0 saturated heterocycles. The van der Waals surface area contributed by atoms with Crippen molar-refractivity contribution in [1.82, 2.24) is 24.5 Å². The van der Waals surface area contributed by atoms with Gasteiger partial charge in [0.15, 0.2) is 0 Å². The lowest BCUT2D eigenvalue weighted by atomic mass is 10.0. The summed E-state index contributed by atoms with van der Waals surface area (Å²) >= 11 is 0. The van der Waals surface area contributed by atoms with Gasteiger partial charge in [-0.1, -0.05) is 30.3 Å². The van der Waals surface area contributed by atoms with Gasteiger partial charge in [-0.15, -0.1) is 0 Å². The van der Waals surface area contributed by atoms with Gasteiger partial charge in [-0.2, -0.15) is 0 Å². The molecule has 0 aliphatic rings. The molecular weight excluding hydrogens is 336 g/mol. The second-order valence-corrected chi connectivity index (χ2v) is 6.20. The maximum absolute atomic E-state index is 4.67. The van der Waals surface area contributed by atoms with Crippen LogP contribution >= 0.6 is 0 Å². The van der Waals surface area contributed by atoms with Crippen molar-refractivity contribution < 1.29 is 0 Å². The van der Waals surface area contributed by atoms with Crippen molar-refractivity contribution in [2.45, 2.75) is 19.0 Å². The van der Waals surface area contributed by atoms with E-state index in [4.69, 9.17) is 0 Å². The Bertz CT molecular complexity index is 954. The second kappa shape index (κ2) is 8.23. The molecule has 0 bridgehead atoms. The standard InChI is InChI=1S/C21H20N6/c1-2-5-17(6-3-1)20(9-13-27-14-12-23-16-27)26-21-24-11-8-19(25-21)18-7-4-10-22-15-18/h1-8,10-12,14-16,20H,9,13H2,(H,24,25,26). The molecule has 134 valence electrons. The number of hydrogen-bond acceptors (Lipinski definition) is 5. The van der Waals surface area contributed by atoms with E-state index in [0.29, 0.717) is 5.95 Å². The Balaban J connectivity index is 1.56. The fourth-order valence-corrected chi connectivity index (χ4v) is 2.96. The predicted molar refractivity (Wildman–Crippen MR) is 105 cm³/mol. The minimum atomic E-state index is 0.0951. The average Bonchev–Trinajstić information content (AvgIpc) is 3.26. The highest BCUT2D eigenvalue weighted by atomic mass is 15.1. The van der Waals surface area contributed by atoms with Crippen molar-refractivity contribution >= 4 is 5.95 Å². The molecule has 6 heteroatoms. The minimum absolute atomic E-state index is 0.0951. The van der Waals surface area contributed by atoms with E-state index in [-0.39, 0.29) is 6.04 Å². The normalized spacial score (nSPS) is 11.9. The van der Waals surface area contributed by atoms with Gasteiger partial charge in [0.1, 0.15) is 0 Å². The minimum Gasteiger partial charge on any atom is -0.347 e. The van der Waals surface area contributed by atoms with E-state index in [1.54, 1.807) is 24.8 Å². The molecule has 3 heterocycles. The van der Waals surface area contributed by atoms with Crippen LogP contribution < -0.4 is 5.32 Å². The Hall–Kier alpha value is -3.54. The molecular formula is C21H20N6. The number of nitrogens with one attached hydrogen (secondary N) is 1. The van der Waals surface area contributed by atoms with Gasteiger partial charge >= 0.3 is 0 Å². The molecule has 0 radical (unpaired) electrons. The van der Waals surface area contributed by atoms with Crippen molar-refractivity contribution in [3.63, 3.8) is 0 Å². The molecule has 1 atom stereocenters. The van der Waals surface area contributed by atoms with Crippen LogP contribution in [0.15, 0.2) is 85.8 Å². The van der Waals surface area contributed by atoms with Crippen LogP contribution in [0.2, 0.25) is 0 Å². The summed E-state index contributed by atoms with van der Waals surface area (Å²) in [6.45, 7) is 0.856. The first-order valence-corrected chi connectivity index (χ1v) is 8.89.